The van der Waals surface area contributed by atoms with Crippen molar-refractivity contribution in [2.24, 2.45) is 10.9 Å². The van der Waals surface area contributed by atoms with E-state index in [1.807, 2.05) is 6.92 Å². The van der Waals surface area contributed by atoms with Gasteiger partial charge in [0.25, 0.3) is 0 Å². The van der Waals surface area contributed by atoms with Crippen LogP contribution in [0.1, 0.15) is 39.0 Å². The molecule has 0 saturated carbocycles. The number of rotatable bonds is 6. The molecule has 3 aliphatic heterocycles. The van der Waals surface area contributed by atoms with Crippen LogP contribution < -0.4 is 5.32 Å². The fourth-order valence-corrected chi connectivity index (χ4v) is 5.85. The predicted molar refractivity (Wildman–Crippen MR) is 117 cm³/mol. The zero-order chi connectivity index (χ0) is 19.2. The highest BCUT2D eigenvalue weighted by Crippen LogP contribution is 2.43. The van der Waals surface area contributed by atoms with E-state index in [1.165, 1.54) is 7.11 Å². The Hall–Kier alpha value is -0.990. The summed E-state index contributed by atoms with van der Waals surface area (Å²) in [6, 6.07) is 0. The molecule has 28 heavy (non-hydrogen) atoms. The van der Waals surface area contributed by atoms with Gasteiger partial charge in [0.2, 0.25) is 0 Å². The molecule has 0 aromatic rings. The van der Waals surface area contributed by atoms with Gasteiger partial charge in [-0.15, -0.1) is 17.0 Å². The fourth-order valence-electron chi connectivity index (χ4n) is 3.91. The first-order chi connectivity index (χ1) is 13.1. The van der Waals surface area contributed by atoms with Crippen molar-refractivity contribution in [2.45, 2.75) is 45.1 Å². The van der Waals surface area contributed by atoms with Gasteiger partial charge in [0.05, 0.1) is 37.0 Å². The van der Waals surface area contributed by atoms with Crippen molar-refractivity contribution in [1.82, 2.24) is 10.2 Å². The topological polar surface area (TPSA) is 80.2 Å². The summed E-state index contributed by atoms with van der Waals surface area (Å²) in [7, 11) is 0.750. The number of halogens is 1. The zero-order valence-corrected chi connectivity index (χ0v) is 19.1. The molecule has 0 bridgehead atoms. The summed E-state index contributed by atoms with van der Waals surface area (Å²) in [5, 5.41) is 7.77. The minimum atomic E-state index is -0.639. The number of likely N-dealkylation sites (tertiary alicyclic amines) is 1. The van der Waals surface area contributed by atoms with E-state index < -0.39 is 10.5 Å². The molecule has 3 heterocycles. The third-order valence-corrected chi connectivity index (χ3v) is 7.33. The van der Waals surface area contributed by atoms with Gasteiger partial charge in [-0.05, 0) is 56.2 Å². The maximum Gasteiger partial charge on any atom is 0.307 e. The Bertz CT molecular complexity index is 677. The molecule has 0 aliphatic carbocycles. The number of esters is 1. The van der Waals surface area contributed by atoms with Gasteiger partial charge in [0.1, 0.15) is 5.03 Å². The average molecular weight is 476 g/mol. The average Bonchev–Trinajstić information content (AvgIpc) is 3.05. The number of nitrogens with one attached hydrogen (secondary N) is 1. The van der Waals surface area contributed by atoms with Gasteiger partial charge in [-0.25, -0.2) is 9.79 Å². The summed E-state index contributed by atoms with van der Waals surface area (Å²) in [5.41, 5.74) is 0.972. The SMILES string of the molecule is Br.COC(=O)CCOC1CCN(C2=C(C)N=C(C3CCNCC3)S2=C=O)CC1. The van der Waals surface area contributed by atoms with Gasteiger partial charge < -0.3 is 19.7 Å². The molecule has 1 atom stereocenters. The van der Waals surface area contributed by atoms with Crippen LogP contribution in [0.25, 0.3) is 0 Å². The van der Waals surface area contributed by atoms with Crippen LogP contribution >= 0.6 is 27.5 Å². The molecule has 2 fully saturated rings. The zero-order valence-electron chi connectivity index (χ0n) is 16.6. The Balaban J connectivity index is 0.00000280. The number of nitrogens with zero attached hydrogens (tertiary/aromatic N) is 2. The summed E-state index contributed by atoms with van der Waals surface area (Å²) in [6.45, 7) is 6.07. The molecule has 158 valence electrons. The van der Waals surface area contributed by atoms with Crippen molar-refractivity contribution in [3.8, 4) is 0 Å². The number of ether oxygens (including phenoxy) is 2. The van der Waals surface area contributed by atoms with Crippen LogP contribution in [-0.2, 0) is 19.1 Å². The molecule has 0 spiro atoms. The minimum absolute atomic E-state index is 0. The van der Waals surface area contributed by atoms with Gasteiger partial charge >= 0.3 is 5.97 Å². The molecule has 3 rings (SSSR count). The van der Waals surface area contributed by atoms with Crippen LogP contribution in [0.5, 0.6) is 0 Å². The van der Waals surface area contributed by atoms with Crippen molar-refractivity contribution in [3.05, 3.63) is 10.7 Å². The summed E-state index contributed by atoms with van der Waals surface area (Å²) in [6.07, 6.45) is 4.30. The highest BCUT2D eigenvalue weighted by molar-refractivity contribution is 8.93. The lowest BCUT2D eigenvalue weighted by Crippen LogP contribution is -2.37. The molecular formula is C19H30BrN3O4S. The number of hydrogen-bond donors (Lipinski definition) is 1. The highest BCUT2D eigenvalue weighted by Gasteiger charge is 2.33. The van der Waals surface area contributed by atoms with Crippen molar-refractivity contribution in [1.29, 1.82) is 0 Å². The van der Waals surface area contributed by atoms with Crippen molar-refractivity contribution in [3.63, 3.8) is 0 Å². The van der Waals surface area contributed by atoms with E-state index in [1.54, 1.807) is 0 Å². The maximum atomic E-state index is 11.8. The van der Waals surface area contributed by atoms with Gasteiger partial charge in [-0.2, -0.15) is 0 Å². The third-order valence-electron chi connectivity index (χ3n) is 5.38. The molecule has 0 radical (unpaired) electrons. The van der Waals surface area contributed by atoms with Crippen LogP contribution in [0, 0.1) is 5.92 Å². The first-order valence-electron chi connectivity index (χ1n) is 9.69. The minimum Gasteiger partial charge on any atom is -0.469 e. The first-order valence-corrected chi connectivity index (χ1v) is 10.9. The molecular weight excluding hydrogens is 446 g/mol. The van der Waals surface area contributed by atoms with E-state index in [-0.39, 0.29) is 35.5 Å². The van der Waals surface area contributed by atoms with E-state index in [0.29, 0.717) is 12.5 Å². The lowest BCUT2D eigenvalue weighted by molar-refractivity contribution is -0.142. The lowest BCUT2D eigenvalue weighted by Gasteiger charge is -2.35. The molecule has 0 aromatic carbocycles. The Labute approximate surface area is 179 Å². The van der Waals surface area contributed by atoms with Crippen molar-refractivity contribution >= 4 is 43.7 Å². The van der Waals surface area contributed by atoms with E-state index in [9.17, 15) is 9.59 Å². The number of methoxy groups -OCH3 is 1. The number of piperidine rings is 2. The molecule has 2 saturated heterocycles. The molecule has 1 unspecified atom stereocenters. The largest absolute Gasteiger partial charge is 0.469 e. The molecule has 7 nitrogen and oxygen atoms in total. The molecule has 0 amide bonds. The summed E-state index contributed by atoms with van der Waals surface area (Å²) < 4.78 is 10.4. The van der Waals surface area contributed by atoms with Gasteiger partial charge in [0, 0.05) is 19.0 Å². The van der Waals surface area contributed by atoms with Gasteiger partial charge in [-0.3, -0.25) is 4.79 Å². The Morgan fingerprint density at radius 1 is 1.29 bits per heavy atom. The van der Waals surface area contributed by atoms with E-state index >= 15 is 0 Å². The lowest BCUT2D eigenvalue weighted by atomic mass is 9.99. The van der Waals surface area contributed by atoms with Crippen molar-refractivity contribution < 1.29 is 19.1 Å². The van der Waals surface area contributed by atoms with Crippen LogP contribution in [0.3, 0.4) is 0 Å². The van der Waals surface area contributed by atoms with E-state index in [2.05, 4.69) is 20.2 Å². The standard InChI is InChI=1S/C19H29N3O4S.BrH/c1-14-19(27(13-23)18(21-14)15-3-8-20-9-4-15)22-10-5-16(6-11-22)26-12-7-17(24)25-2;/h15-16,20H,3-12H2,1-2H3;1H. The molecule has 1 N–H and O–H groups in total. The maximum absolute atomic E-state index is 11.8. The smallest absolute Gasteiger partial charge is 0.307 e. The summed E-state index contributed by atoms with van der Waals surface area (Å²) in [5.74, 6) is 0.148. The third kappa shape index (κ3) is 5.54. The Kier molecular flexibility index (Phi) is 9.37. The molecule has 0 aromatic heterocycles. The number of allylic oxidation sites excluding steroid dienone is 1. The number of hydrogen-bond acceptors (Lipinski definition) is 7. The second kappa shape index (κ2) is 11.3. The van der Waals surface area contributed by atoms with Gasteiger partial charge in [0.15, 0.2) is 5.23 Å². The molecule has 9 heteroatoms. The second-order valence-corrected chi connectivity index (χ2v) is 8.72. The van der Waals surface area contributed by atoms with Crippen molar-refractivity contribution in [2.75, 3.05) is 39.9 Å². The van der Waals surface area contributed by atoms with E-state index in [4.69, 9.17) is 9.73 Å². The van der Waals surface area contributed by atoms with E-state index in [0.717, 1.165) is 67.6 Å². The Morgan fingerprint density at radius 2 is 1.96 bits per heavy atom. The number of carbonyl (C=O) groups excluding carboxylic acids is 2. The fraction of sp³-hybridized carbons (Fsp3) is 0.737. The van der Waals surface area contributed by atoms with Crippen LogP contribution in [0.4, 0.5) is 0 Å². The molecule has 3 aliphatic rings. The predicted octanol–water partition coefficient (Wildman–Crippen LogP) is 2.55. The van der Waals surface area contributed by atoms with Gasteiger partial charge in [-0.1, -0.05) is 0 Å². The second-order valence-electron chi connectivity index (χ2n) is 7.14. The normalized spacial score (nSPS) is 23.9. The number of aliphatic imine (C=N–C) groups is 1. The monoisotopic (exact) mass is 475 g/mol. The number of carbonyl (C=O) groups is 1. The quantitative estimate of drug-likeness (QED) is 0.469. The highest BCUT2D eigenvalue weighted by atomic mass is 79.9. The van der Waals surface area contributed by atoms with Crippen LogP contribution in [-0.4, -0.2) is 67.1 Å². The van der Waals surface area contributed by atoms with Crippen LogP contribution in [0.2, 0.25) is 0 Å². The summed E-state index contributed by atoms with van der Waals surface area (Å²) in [4.78, 5) is 30.1. The Morgan fingerprint density at radius 3 is 2.57 bits per heavy atom. The summed E-state index contributed by atoms with van der Waals surface area (Å²) >= 11 is 0. The van der Waals surface area contributed by atoms with Crippen LogP contribution in [0.15, 0.2) is 15.7 Å². The first kappa shape index (κ1) is 23.3.